The van der Waals surface area contributed by atoms with Crippen molar-refractivity contribution >= 4 is 22.5 Å². The van der Waals surface area contributed by atoms with Gasteiger partial charge in [-0.1, -0.05) is 31.4 Å². The van der Waals surface area contributed by atoms with E-state index in [0.717, 1.165) is 5.92 Å². The van der Waals surface area contributed by atoms with E-state index in [0.29, 0.717) is 0 Å². The molecule has 1 aliphatic rings. The first-order valence-electron chi connectivity index (χ1n) is 5.30. The molecule has 0 atom stereocenters. The first kappa shape index (κ1) is 10.4. The molecule has 0 aliphatic heterocycles. The molecule has 1 aromatic rings. The average Bonchev–Trinajstić information content (AvgIpc) is 2.30. The van der Waals surface area contributed by atoms with Crippen LogP contribution in [0.25, 0.3) is 0 Å². The Balaban J connectivity index is 2.07. The highest BCUT2D eigenvalue weighted by Crippen LogP contribution is 2.33. The fraction of sp³-hybridized carbons (Fsp3) is 0.500. The van der Waals surface area contributed by atoms with Gasteiger partial charge in [-0.25, -0.2) is 0 Å². The minimum Gasteiger partial charge on any atom is -0.0576 e. The average molecular weight is 223 g/mol. The summed E-state index contributed by atoms with van der Waals surface area (Å²) in [6.45, 7) is 0. The molecule has 0 spiro atoms. The molecule has 75 valence electrons. The number of hydrogen-bond acceptors (Lipinski definition) is 1. The standard InChI is InChI=1S/C12H15S2/c13-14-12-8-6-11(7-9-12)10-4-2-1-3-5-10/h6-10H,1-5H2. The van der Waals surface area contributed by atoms with Crippen LogP contribution in [0.4, 0.5) is 0 Å². The van der Waals surface area contributed by atoms with E-state index in [1.165, 1.54) is 53.4 Å². The third-order valence-corrected chi connectivity index (χ3v) is 4.09. The number of rotatable bonds is 2. The third-order valence-electron chi connectivity index (χ3n) is 3.05. The van der Waals surface area contributed by atoms with Gasteiger partial charge in [0.25, 0.3) is 0 Å². The van der Waals surface area contributed by atoms with Crippen LogP contribution in [0.15, 0.2) is 29.2 Å². The summed E-state index contributed by atoms with van der Waals surface area (Å²) < 4.78 is 0. The molecule has 0 nitrogen and oxygen atoms in total. The molecule has 0 bridgehead atoms. The Hall–Kier alpha value is -0.0800. The van der Waals surface area contributed by atoms with Gasteiger partial charge in [0.1, 0.15) is 0 Å². The van der Waals surface area contributed by atoms with Crippen LogP contribution in [0.2, 0.25) is 0 Å². The Bertz CT molecular complexity index is 273. The fourth-order valence-electron chi connectivity index (χ4n) is 2.23. The van der Waals surface area contributed by atoms with Gasteiger partial charge in [-0.15, -0.1) is 0 Å². The maximum absolute atomic E-state index is 4.93. The molecule has 0 aromatic heterocycles. The van der Waals surface area contributed by atoms with Crippen LogP contribution in [0.1, 0.15) is 43.6 Å². The van der Waals surface area contributed by atoms with Crippen LogP contribution in [0, 0.1) is 0 Å². The Morgan fingerprint density at radius 3 is 2.21 bits per heavy atom. The van der Waals surface area contributed by atoms with E-state index in [2.05, 4.69) is 24.3 Å². The summed E-state index contributed by atoms with van der Waals surface area (Å²) in [5.74, 6) is 0.813. The highest BCUT2D eigenvalue weighted by atomic mass is 33.1. The van der Waals surface area contributed by atoms with E-state index in [4.69, 9.17) is 11.7 Å². The van der Waals surface area contributed by atoms with Gasteiger partial charge in [0.15, 0.2) is 0 Å². The van der Waals surface area contributed by atoms with E-state index in [-0.39, 0.29) is 0 Å². The molecule has 0 unspecified atom stereocenters. The van der Waals surface area contributed by atoms with Crippen molar-refractivity contribution in [3.05, 3.63) is 29.8 Å². The van der Waals surface area contributed by atoms with Gasteiger partial charge in [0.2, 0.25) is 0 Å². The van der Waals surface area contributed by atoms with E-state index < -0.39 is 0 Å². The molecule has 0 N–H and O–H groups in total. The highest BCUT2D eigenvalue weighted by molar-refractivity contribution is 8.68. The van der Waals surface area contributed by atoms with E-state index in [9.17, 15) is 0 Å². The summed E-state index contributed by atoms with van der Waals surface area (Å²) in [6.07, 6.45) is 6.99. The monoisotopic (exact) mass is 223 g/mol. The molecule has 1 aliphatic carbocycles. The van der Waals surface area contributed by atoms with Crippen molar-refractivity contribution in [2.24, 2.45) is 0 Å². The molecule has 14 heavy (non-hydrogen) atoms. The lowest BCUT2D eigenvalue weighted by Gasteiger charge is -2.21. The minimum absolute atomic E-state index is 0.813. The van der Waals surface area contributed by atoms with Crippen molar-refractivity contribution in [3.8, 4) is 0 Å². The second-order valence-corrected chi connectivity index (χ2v) is 5.13. The maximum Gasteiger partial charge on any atom is 0.0191 e. The second-order valence-electron chi connectivity index (χ2n) is 3.99. The summed E-state index contributed by atoms with van der Waals surface area (Å²) >= 11 is 4.93. The van der Waals surface area contributed by atoms with Crippen LogP contribution in [-0.4, -0.2) is 0 Å². The van der Waals surface area contributed by atoms with Crippen LogP contribution < -0.4 is 0 Å². The SMILES string of the molecule is [S]Sc1ccc(C2CCCCC2)cc1. The van der Waals surface area contributed by atoms with Crippen LogP contribution in [0.5, 0.6) is 0 Å². The van der Waals surface area contributed by atoms with Gasteiger partial charge in [-0.05, 0) is 58.9 Å². The Kier molecular flexibility index (Phi) is 3.82. The zero-order valence-corrected chi connectivity index (χ0v) is 9.87. The molecule has 0 amide bonds. The highest BCUT2D eigenvalue weighted by Gasteiger charge is 2.14. The Morgan fingerprint density at radius 2 is 1.64 bits per heavy atom. The normalized spacial score (nSPS) is 18.4. The summed E-state index contributed by atoms with van der Waals surface area (Å²) in [4.78, 5) is 1.19. The van der Waals surface area contributed by atoms with Gasteiger partial charge in [-0.3, -0.25) is 0 Å². The minimum atomic E-state index is 0.813. The van der Waals surface area contributed by atoms with Gasteiger partial charge < -0.3 is 0 Å². The smallest absolute Gasteiger partial charge is 0.0191 e. The molecular formula is C12H15S2. The van der Waals surface area contributed by atoms with Crippen molar-refractivity contribution in [2.75, 3.05) is 0 Å². The molecule has 1 aromatic carbocycles. The molecule has 0 heterocycles. The first-order chi connectivity index (χ1) is 6.90. The van der Waals surface area contributed by atoms with Crippen LogP contribution >= 0.6 is 22.5 Å². The summed E-state index contributed by atoms with van der Waals surface area (Å²) in [5, 5.41) is 0. The number of hydrogen-bond donors (Lipinski definition) is 0. The molecule has 2 rings (SSSR count). The van der Waals surface area contributed by atoms with E-state index >= 15 is 0 Å². The molecule has 1 radical (unpaired) electrons. The van der Waals surface area contributed by atoms with Crippen molar-refractivity contribution in [1.82, 2.24) is 0 Å². The predicted molar refractivity (Wildman–Crippen MR) is 65.7 cm³/mol. The topological polar surface area (TPSA) is 0 Å². The Labute approximate surface area is 95.3 Å². The van der Waals surface area contributed by atoms with Crippen molar-refractivity contribution in [2.45, 2.75) is 42.9 Å². The van der Waals surface area contributed by atoms with Crippen molar-refractivity contribution in [1.29, 1.82) is 0 Å². The van der Waals surface area contributed by atoms with E-state index in [1.807, 2.05) is 0 Å². The molecule has 0 saturated heterocycles. The van der Waals surface area contributed by atoms with Gasteiger partial charge >= 0.3 is 0 Å². The largest absolute Gasteiger partial charge is 0.0576 e. The second kappa shape index (κ2) is 5.13. The van der Waals surface area contributed by atoms with Gasteiger partial charge in [0.05, 0.1) is 0 Å². The zero-order chi connectivity index (χ0) is 9.80. The van der Waals surface area contributed by atoms with Gasteiger partial charge in [-0.2, -0.15) is 0 Å². The quantitative estimate of drug-likeness (QED) is 0.640. The summed E-state index contributed by atoms with van der Waals surface area (Å²) in [5.41, 5.74) is 1.51. The van der Waals surface area contributed by atoms with Crippen molar-refractivity contribution < 1.29 is 0 Å². The Morgan fingerprint density at radius 1 is 1.00 bits per heavy atom. The molecule has 2 heteroatoms. The van der Waals surface area contributed by atoms with Crippen LogP contribution in [0.3, 0.4) is 0 Å². The molecule has 1 fully saturated rings. The molecular weight excluding hydrogens is 208 g/mol. The van der Waals surface area contributed by atoms with Gasteiger partial charge in [0, 0.05) is 4.90 Å². The lowest BCUT2D eigenvalue weighted by atomic mass is 9.84. The lowest BCUT2D eigenvalue weighted by Crippen LogP contribution is -2.03. The van der Waals surface area contributed by atoms with Crippen molar-refractivity contribution in [3.63, 3.8) is 0 Å². The lowest BCUT2D eigenvalue weighted by molar-refractivity contribution is 0.443. The molecule has 1 saturated carbocycles. The van der Waals surface area contributed by atoms with Crippen LogP contribution in [-0.2, 0) is 0 Å². The summed E-state index contributed by atoms with van der Waals surface area (Å²) in [6, 6.07) is 8.82. The maximum atomic E-state index is 4.93. The third kappa shape index (κ3) is 2.48. The fourth-order valence-corrected chi connectivity index (χ4v) is 2.81. The van der Waals surface area contributed by atoms with E-state index in [1.54, 1.807) is 0 Å². The summed E-state index contributed by atoms with van der Waals surface area (Å²) in [7, 11) is 1.41. The number of benzene rings is 1. The first-order valence-corrected chi connectivity index (χ1v) is 7.04. The predicted octanol–water partition coefficient (Wildman–Crippen LogP) is 4.94. The zero-order valence-electron chi connectivity index (χ0n) is 8.24.